The minimum atomic E-state index is -0.735. The number of aromatic nitrogens is 1. The van der Waals surface area contributed by atoms with Crippen LogP contribution >= 0.6 is 0 Å². The normalized spacial score (nSPS) is 20.8. The van der Waals surface area contributed by atoms with Gasteiger partial charge in [-0.05, 0) is 37.0 Å². The molecule has 2 unspecified atom stereocenters. The number of benzene rings is 1. The van der Waals surface area contributed by atoms with E-state index < -0.39 is 5.60 Å². The Balaban J connectivity index is 1.86. The number of pyridine rings is 1. The highest BCUT2D eigenvalue weighted by atomic mass is 16.3. The van der Waals surface area contributed by atoms with Gasteiger partial charge >= 0.3 is 0 Å². The van der Waals surface area contributed by atoms with Crippen molar-refractivity contribution in [1.29, 1.82) is 0 Å². The van der Waals surface area contributed by atoms with Gasteiger partial charge in [0, 0.05) is 24.2 Å². The van der Waals surface area contributed by atoms with Crippen LogP contribution in [-0.2, 0) is 12.8 Å². The summed E-state index contributed by atoms with van der Waals surface area (Å²) in [5, 5.41) is 10.9. The molecular formula is C17H19NO. The molecular weight excluding hydrogens is 234 g/mol. The van der Waals surface area contributed by atoms with Gasteiger partial charge in [-0.3, -0.25) is 4.98 Å². The van der Waals surface area contributed by atoms with Crippen molar-refractivity contribution in [2.24, 2.45) is 0 Å². The second kappa shape index (κ2) is 4.78. The highest BCUT2D eigenvalue weighted by Crippen LogP contribution is 2.40. The quantitative estimate of drug-likeness (QED) is 0.911. The number of aryl methyl sites for hydroxylation is 1. The van der Waals surface area contributed by atoms with Gasteiger partial charge in [-0.25, -0.2) is 0 Å². The lowest BCUT2D eigenvalue weighted by molar-refractivity contribution is 0.0299. The molecule has 0 bridgehead atoms. The van der Waals surface area contributed by atoms with Crippen LogP contribution in [0.4, 0.5) is 0 Å². The molecule has 19 heavy (non-hydrogen) atoms. The van der Waals surface area contributed by atoms with Gasteiger partial charge in [0.25, 0.3) is 0 Å². The van der Waals surface area contributed by atoms with Crippen molar-refractivity contribution in [2.75, 3.05) is 0 Å². The monoisotopic (exact) mass is 253 g/mol. The third-order valence-corrected chi connectivity index (χ3v) is 4.11. The molecule has 2 aromatic rings. The Bertz CT molecular complexity index is 562. The standard InChI is InChI=1S/C17H19NO/c1-17(19,12-13-6-3-2-4-7-13)15-10-9-14-8-5-11-18-16(14)15/h2-8,11,15,19H,9-10,12H2,1H3. The van der Waals surface area contributed by atoms with Crippen LogP contribution < -0.4 is 0 Å². The molecule has 2 nitrogen and oxygen atoms in total. The zero-order chi connectivity index (χ0) is 13.3. The SMILES string of the molecule is CC(O)(Cc1ccccc1)C1CCc2cccnc21. The van der Waals surface area contributed by atoms with Gasteiger partial charge in [0.05, 0.1) is 5.60 Å². The van der Waals surface area contributed by atoms with E-state index in [1.807, 2.05) is 37.4 Å². The molecule has 1 aromatic carbocycles. The highest BCUT2D eigenvalue weighted by Gasteiger charge is 2.38. The van der Waals surface area contributed by atoms with E-state index in [4.69, 9.17) is 0 Å². The topological polar surface area (TPSA) is 33.1 Å². The van der Waals surface area contributed by atoms with Crippen molar-refractivity contribution in [3.8, 4) is 0 Å². The number of hydrogen-bond acceptors (Lipinski definition) is 2. The summed E-state index contributed by atoms with van der Waals surface area (Å²) < 4.78 is 0. The summed E-state index contributed by atoms with van der Waals surface area (Å²) in [6.07, 6.45) is 4.52. The van der Waals surface area contributed by atoms with Crippen LogP contribution in [0.2, 0.25) is 0 Å². The lowest BCUT2D eigenvalue weighted by Gasteiger charge is -2.30. The van der Waals surface area contributed by atoms with Gasteiger partial charge in [0.15, 0.2) is 0 Å². The Morgan fingerprint density at radius 1 is 1.21 bits per heavy atom. The molecule has 0 spiro atoms. The van der Waals surface area contributed by atoms with Gasteiger partial charge in [-0.2, -0.15) is 0 Å². The number of rotatable bonds is 3. The fourth-order valence-corrected chi connectivity index (χ4v) is 3.15. The van der Waals surface area contributed by atoms with E-state index in [2.05, 4.69) is 23.2 Å². The van der Waals surface area contributed by atoms with Crippen LogP contribution in [0, 0.1) is 0 Å². The first-order valence-corrected chi connectivity index (χ1v) is 6.87. The van der Waals surface area contributed by atoms with Crippen molar-refractivity contribution in [1.82, 2.24) is 4.98 Å². The minimum absolute atomic E-state index is 0.143. The molecule has 0 aliphatic heterocycles. The Hall–Kier alpha value is -1.67. The first-order valence-electron chi connectivity index (χ1n) is 6.87. The number of nitrogens with zero attached hydrogens (tertiary/aromatic N) is 1. The predicted molar refractivity (Wildman–Crippen MR) is 76.1 cm³/mol. The lowest BCUT2D eigenvalue weighted by atomic mass is 9.82. The molecule has 2 atom stereocenters. The number of hydrogen-bond donors (Lipinski definition) is 1. The van der Waals surface area contributed by atoms with E-state index in [1.165, 1.54) is 11.1 Å². The molecule has 0 radical (unpaired) electrons. The van der Waals surface area contributed by atoms with Crippen LogP contribution in [-0.4, -0.2) is 15.7 Å². The molecule has 98 valence electrons. The van der Waals surface area contributed by atoms with Crippen molar-refractivity contribution in [3.63, 3.8) is 0 Å². The third-order valence-electron chi connectivity index (χ3n) is 4.11. The van der Waals surface area contributed by atoms with Gasteiger partial charge in [-0.15, -0.1) is 0 Å². The molecule has 1 N–H and O–H groups in total. The maximum absolute atomic E-state index is 10.9. The van der Waals surface area contributed by atoms with Crippen molar-refractivity contribution in [2.45, 2.75) is 37.7 Å². The first-order chi connectivity index (χ1) is 9.17. The van der Waals surface area contributed by atoms with Crippen molar-refractivity contribution in [3.05, 3.63) is 65.5 Å². The Morgan fingerprint density at radius 3 is 2.79 bits per heavy atom. The molecule has 3 rings (SSSR count). The van der Waals surface area contributed by atoms with E-state index in [9.17, 15) is 5.11 Å². The van der Waals surface area contributed by atoms with Gasteiger partial charge in [-0.1, -0.05) is 36.4 Å². The van der Waals surface area contributed by atoms with Crippen LogP contribution in [0.1, 0.15) is 36.1 Å². The van der Waals surface area contributed by atoms with E-state index in [-0.39, 0.29) is 5.92 Å². The molecule has 2 heteroatoms. The smallest absolute Gasteiger partial charge is 0.0743 e. The molecule has 0 saturated carbocycles. The van der Waals surface area contributed by atoms with Crippen molar-refractivity contribution < 1.29 is 5.11 Å². The fraction of sp³-hybridized carbons (Fsp3) is 0.353. The molecule has 0 amide bonds. The molecule has 1 aliphatic carbocycles. The van der Waals surface area contributed by atoms with Crippen LogP contribution in [0.25, 0.3) is 0 Å². The zero-order valence-electron chi connectivity index (χ0n) is 11.2. The third kappa shape index (κ3) is 2.41. The minimum Gasteiger partial charge on any atom is -0.389 e. The molecule has 0 fully saturated rings. The largest absolute Gasteiger partial charge is 0.389 e. The van der Waals surface area contributed by atoms with E-state index >= 15 is 0 Å². The van der Waals surface area contributed by atoms with E-state index in [1.54, 1.807) is 0 Å². The summed E-state index contributed by atoms with van der Waals surface area (Å²) >= 11 is 0. The maximum Gasteiger partial charge on any atom is 0.0743 e. The van der Waals surface area contributed by atoms with Crippen molar-refractivity contribution >= 4 is 0 Å². The Labute approximate surface area is 114 Å². The highest BCUT2D eigenvalue weighted by molar-refractivity contribution is 5.32. The molecule has 1 aliphatic rings. The number of fused-ring (bicyclic) bond motifs is 1. The number of aliphatic hydroxyl groups is 1. The summed E-state index contributed by atoms with van der Waals surface area (Å²) in [6.45, 7) is 1.94. The first kappa shape index (κ1) is 12.4. The summed E-state index contributed by atoms with van der Waals surface area (Å²) in [4.78, 5) is 4.49. The second-order valence-corrected chi connectivity index (χ2v) is 5.66. The van der Waals surface area contributed by atoms with Crippen LogP contribution in [0.3, 0.4) is 0 Å². The summed E-state index contributed by atoms with van der Waals surface area (Å²) in [5.74, 6) is 0.143. The summed E-state index contributed by atoms with van der Waals surface area (Å²) in [7, 11) is 0. The fourth-order valence-electron chi connectivity index (χ4n) is 3.15. The van der Waals surface area contributed by atoms with Gasteiger partial charge in [0.2, 0.25) is 0 Å². The average Bonchev–Trinajstić information content (AvgIpc) is 2.84. The average molecular weight is 253 g/mol. The molecule has 1 heterocycles. The molecule has 0 saturated heterocycles. The van der Waals surface area contributed by atoms with E-state index in [0.29, 0.717) is 6.42 Å². The van der Waals surface area contributed by atoms with E-state index in [0.717, 1.165) is 18.5 Å². The summed E-state index contributed by atoms with van der Waals surface area (Å²) in [6, 6.07) is 14.3. The van der Waals surface area contributed by atoms with Crippen LogP contribution in [0.15, 0.2) is 48.7 Å². The second-order valence-electron chi connectivity index (χ2n) is 5.66. The lowest BCUT2D eigenvalue weighted by Crippen LogP contribution is -2.34. The zero-order valence-corrected chi connectivity index (χ0v) is 11.2. The Morgan fingerprint density at radius 2 is 2.00 bits per heavy atom. The Kier molecular flexibility index (Phi) is 3.11. The van der Waals surface area contributed by atoms with Gasteiger partial charge in [0.1, 0.15) is 0 Å². The molecule has 1 aromatic heterocycles. The summed E-state index contributed by atoms with van der Waals surface area (Å²) in [5.41, 5.74) is 2.82. The predicted octanol–water partition coefficient (Wildman–Crippen LogP) is 3.11. The van der Waals surface area contributed by atoms with Gasteiger partial charge < -0.3 is 5.11 Å². The maximum atomic E-state index is 10.9. The van der Waals surface area contributed by atoms with Crippen LogP contribution in [0.5, 0.6) is 0 Å².